The first kappa shape index (κ1) is 19.8. The van der Waals surface area contributed by atoms with Crippen LogP contribution in [0.25, 0.3) is 0 Å². The quantitative estimate of drug-likeness (QED) is 0.745. The molecule has 2 atom stereocenters. The molecule has 2 aromatic rings. The molecule has 8 heteroatoms. The fourth-order valence-corrected chi connectivity index (χ4v) is 4.38. The van der Waals surface area contributed by atoms with Gasteiger partial charge in [-0.2, -0.15) is 5.10 Å². The normalized spacial score (nSPS) is 21.1. The van der Waals surface area contributed by atoms with Crippen molar-refractivity contribution in [1.29, 1.82) is 0 Å². The molecule has 154 valence electrons. The zero-order valence-corrected chi connectivity index (χ0v) is 17.2. The van der Waals surface area contributed by atoms with E-state index < -0.39 is 11.3 Å². The van der Waals surface area contributed by atoms with Crippen LogP contribution in [0.4, 0.5) is 5.69 Å². The van der Waals surface area contributed by atoms with Crippen LogP contribution in [-0.2, 0) is 16.1 Å². The topological polar surface area (TPSA) is 86.4 Å². The Labute approximate surface area is 172 Å². The van der Waals surface area contributed by atoms with E-state index in [4.69, 9.17) is 9.52 Å². The Kier molecular flexibility index (Phi) is 5.82. The third-order valence-corrected chi connectivity index (χ3v) is 6.44. The van der Waals surface area contributed by atoms with Crippen molar-refractivity contribution in [2.75, 3.05) is 11.4 Å². The second kappa shape index (κ2) is 8.51. The number of carbonyl (C=O) groups is 1. The number of anilines is 1. The number of furan rings is 1. The van der Waals surface area contributed by atoms with Crippen LogP contribution in [0.2, 0.25) is 0 Å². The number of nitrogens with zero attached hydrogens (tertiary/aromatic N) is 3. The zero-order valence-electron chi connectivity index (χ0n) is 16.4. The smallest absolute Gasteiger partial charge is 0.261 e. The van der Waals surface area contributed by atoms with Crippen molar-refractivity contribution in [1.82, 2.24) is 5.01 Å². The number of rotatable bonds is 5. The molecule has 1 aliphatic carbocycles. The summed E-state index contributed by atoms with van der Waals surface area (Å²) in [6.45, 7) is 0. The van der Waals surface area contributed by atoms with Gasteiger partial charge in [0, 0.05) is 19.4 Å². The van der Waals surface area contributed by atoms with Gasteiger partial charge in [-0.3, -0.25) is 13.7 Å². The first-order valence-electron chi connectivity index (χ1n) is 9.93. The van der Waals surface area contributed by atoms with Gasteiger partial charge in [0.1, 0.15) is 11.8 Å². The lowest BCUT2D eigenvalue weighted by Crippen LogP contribution is -2.33. The van der Waals surface area contributed by atoms with E-state index in [0.717, 1.165) is 42.7 Å². The first-order valence-corrected chi connectivity index (χ1v) is 11.0. The Morgan fingerprint density at radius 2 is 1.93 bits per heavy atom. The van der Waals surface area contributed by atoms with E-state index in [2.05, 4.69) is 0 Å². The number of benzene rings is 1. The summed E-state index contributed by atoms with van der Waals surface area (Å²) in [5.74, 6) is 0.841. The molecule has 0 radical (unpaired) electrons. The van der Waals surface area contributed by atoms with Gasteiger partial charge in [-0.15, -0.1) is 0 Å². The molecule has 0 bridgehead atoms. The van der Waals surface area contributed by atoms with Crippen LogP contribution in [0.15, 0.2) is 52.2 Å². The van der Waals surface area contributed by atoms with Gasteiger partial charge in [-0.05, 0) is 42.7 Å². The Morgan fingerprint density at radius 1 is 1.21 bits per heavy atom. The largest absolute Gasteiger partial charge is 0.467 e. The summed E-state index contributed by atoms with van der Waals surface area (Å²) < 4.78 is 27.4. The average Bonchev–Trinajstić information content (AvgIpc) is 3.43. The lowest BCUT2D eigenvalue weighted by Gasteiger charge is -2.27. The summed E-state index contributed by atoms with van der Waals surface area (Å²) in [5, 5.41) is 6.32. The predicted molar refractivity (Wildman–Crippen MR) is 112 cm³/mol. The van der Waals surface area contributed by atoms with E-state index in [-0.39, 0.29) is 17.9 Å². The summed E-state index contributed by atoms with van der Waals surface area (Å²) in [6, 6.07) is 10.8. The molecule has 29 heavy (non-hydrogen) atoms. The van der Waals surface area contributed by atoms with Crippen LogP contribution in [0.1, 0.15) is 55.9 Å². The molecule has 0 spiro atoms. The molecule has 1 aliphatic heterocycles. The highest BCUT2D eigenvalue weighted by Crippen LogP contribution is 2.36. The van der Waals surface area contributed by atoms with Crippen molar-refractivity contribution in [3.8, 4) is 0 Å². The van der Waals surface area contributed by atoms with Gasteiger partial charge in [-0.25, -0.2) is 9.22 Å². The molecular weight excluding hydrogens is 390 g/mol. The van der Waals surface area contributed by atoms with Crippen molar-refractivity contribution in [2.24, 2.45) is 11.0 Å². The molecule has 1 aromatic heterocycles. The summed E-state index contributed by atoms with van der Waals surface area (Å²) in [4.78, 5) is 13.2. The maximum atomic E-state index is 13.2. The van der Waals surface area contributed by atoms with Crippen LogP contribution in [0.3, 0.4) is 0 Å². The second-order valence-electron chi connectivity index (χ2n) is 7.57. The van der Waals surface area contributed by atoms with Crippen LogP contribution in [0.5, 0.6) is 0 Å². The molecule has 2 aliphatic rings. The van der Waals surface area contributed by atoms with Crippen LogP contribution >= 0.6 is 0 Å². The Morgan fingerprint density at radius 3 is 2.55 bits per heavy atom. The third kappa shape index (κ3) is 4.13. The van der Waals surface area contributed by atoms with E-state index in [1.165, 1.54) is 10.7 Å². The minimum Gasteiger partial charge on any atom is -0.467 e. The maximum Gasteiger partial charge on any atom is 0.261 e. The molecule has 2 unspecified atom stereocenters. The summed E-state index contributed by atoms with van der Waals surface area (Å²) in [5.41, 5.74) is 2.34. The molecule has 4 rings (SSSR count). The van der Waals surface area contributed by atoms with Crippen LogP contribution < -0.4 is 4.31 Å². The molecule has 1 aromatic carbocycles. The number of hydrazone groups is 1. The highest BCUT2D eigenvalue weighted by molar-refractivity contribution is 7.80. The Bertz CT molecular complexity index is 905. The van der Waals surface area contributed by atoms with Gasteiger partial charge >= 0.3 is 0 Å². The highest BCUT2D eigenvalue weighted by Gasteiger charge is 2.38. The van der Waals surface area contributed by atoms with Gasteiger partial charge in [-0.1, -0.05) is 31.4 Å². The second-order valence-corrected chi connectivity index (χ2v) is 8.58. The van der Waals surface area contributed by atoms with Gasteiger partial charge in [0.05, 0.1) is 17.7 Å². The highest BCUT2D eigenvalue weighted by atomic mass is 32.2. The zero-order chi connectivity index (χ0) is 20.4. The van der Waals surface area contributed by atoms with Gasteiger partial charge in [0.25, 0.3) is 11.3 Å². The van der Waals surface area contributed by atoms with Crippen molar-refractivity contribution < 1.29 is 18.0 Å². The lowest BCUT2D eigenvalue weighted by atomic mass is 9.88. The minimum absolute atomic E-state index is 0.0277. The van der Waals surface area contributed by atoms with Gasteiger partial charge < -0.3 is 4.42 Å². The maximum absolute atomic E-state index is 13.2. The van der Waals surface area contributed by atoms with Crippen molar-refractivity contribution in [3.05, 3.63) is 54.0 Å². The average molecular weight is 416 g/mol. The fraction of sp³-hybridized carbons (Fsp3) is 0.429. The monoisotopic (exact) mass is 415 g/mol. The number of hydrogen-bond donors (Lipinski definition) is 1. The summed E-state index contributed by atoms with van der Waals surface area (Å²) in [6.07, 6.45) is 7.42. The van der Waals surface area contributed by atoms with Crippen LogP contribution in [0, 0.1) is 5.92 Å². The SMILES string of the molecule is CN(c1ccc(C2=NN(C(=O)C3CCCCC3)C(c3ccco3)C2)cc1)S(=O)O. The molecule has 1 fully saturated rings. The number of amides is 1. The predicted octanol–water partition coefficient (Wildman–Crippen LogP) is 4.11. The van der Waals surface area contributed by atoms with Crippen molar-refractivity contribution in [2.45, 2.75) is 44.6 Å². The standard InChI is InChI=1S/C21H25N3O4S/c1-23(29(26)27)17-11-9-15(10-12-17)18-14-19(20-8-5-13-28-20)24(22-18)21(25)16-6-3-2-4-7-16/h5,8-13,16,19H,2-4,6-7,14H2,1H3,(H,26,27). The van der Waals surface area contributed by atoms with E-state index in [0.29, 0.717) is 12.1 Å². The molecule has 1 N–H and O–H groups in total. The van der Waals surface area contributed by atoms with Crippen molar-refractivity contribution in [3.63, 3.8) is 0 Å². The van der Waals surface area contributed by atoms with E-state index in [9.17, 15) is 13.6 Å². The number of hydrogen-bond acceptors (Lipinski definition) is 4. The fourth-order valence-electron chi connectivity index (χ4n) is 4.08. The molecule has 0 saturated heterocycles. The lowest BCUT2D eigenvalue weighted by molar-refractivity contribution is -0.138. The molecule has 2 heterocycles. The third-order valence-electron chi connectivity index (χ3n) is 5.76. The summed E-state index contributed by atoms with van der Waals surface area (Å²) >= 11 is -2.07. The molecule has 1 amide bonds. The van der Waals surface area contributed by atoms with Crippen molar-refractivity contribution >= 4 is 28.6 Å². The Hall–Kier alpha value is -2.45. The minimum atomic E-state index is -2.07. The molecule has 1 saturated carbocycles. The van der Waals surface area contributed by atoms with Gasteiger partial charge in [0.15, 0.2) is 0 Å². The molecular formula is C21H25N3O4S. The van der Waals surface area contributed by atoms with E-state index in [1.807, 2.05) is 24.3 Å². The summed E-state index contributed by atoms with van der Waals surface area (Å²) in [7, 11) is 1.55. The Balaban J connectivity index is 1.60. The number of carbonyl (C=O) groups excluding carboxylic acids is 1. The van der Waals surface area contributed by atoms with E-state index >= 15 is 0 Å². The first-order chi connectivity index (χ1) is 14.0. The van der Waals surface area contributed by atoms with Gasteiger partial charge in [0.2, 0.25) is 5.91 Å². The molecule has 7 nitrogen and oxygen atoms in total. The van der Waals surface area contributed by atoms with E-state index in [1.54, 1.807) is 30.5 Å². The van der Waals surface area contributed by atoms with Crippen LogP contribution in [-0.4, -0.2) is 32.4 Å².